The molecule has 9 nitrogen and oxygen atoms in total. The van der Waals surface area contributed by atoms with Crippen LogP contribution in [0.25, 0.3) is 0 Å². The van der Waals surface area contributed by atoms with Gasteiger partial charge < -0.3 is 19.6 Å². The standard InChI is InChI=1S/C21H26N6O3/c1-12(28)26-9-7-15-14(11-26)19(22-2)24-20(23-15)17-4-3-8-27(17)21(29)16-10-18(30-25-16)13-5-6-13/h10,13,17H,3-9,11H2,1-2H3,(H,22,23,24)/t17-/m0/s1. The van der Waals surface area contributed by atoms with Crippen molar-refractivity contribution in [2.24, 2.45) is 0 Å². The van der Waals surface area contributed by atoms with Crippen molar-refractivity contribution >= 4 is 17.6 Å². The molecule has 2 amide bonds. The minimum Gasteiger partial charge on any atom is -0.373 e. The first-order valence-electron chi connectivity index (χ1n) is 10.7. The average Bonchev–Trinajstić information content (AvgIpc) is 3.28. The lowest BCUT2D eigenvalue weighted by molar-refractivity contribution is -0.129. The Morgan fingerprint density at radius 2 is 2.03 bits per heavy atom. The first kappa shape index (κ1) is 19.0. The highest BCUT2D eigenvalue weighted by atomic mass is 16.5. The summed E-state index contributed by atoms with van der Waals surface area (Å²) in [6, 6.07) is 1.61. The molecule has 2 aliphatic heterocycles. The molecule has 0 unspecified atom stereocenters. The van der Waals surface area contributed by atoms with Crippen molar-refractivity contribution in [2.45, 2.75) is 57.5 Å². The largest absolute Gasteiger partial charge is 0.373 e. The van der Waals surface area contributed by atoms with Gasteiger partial charge in [-0.15, -0.1) is 0 Å². The summed E-state index contributed by atoms with van der Waals surface area (Å²) in [4.78, 5) is 38.1. The van der Waals surface area contributed by atoms with E-state index in [9.17, 15) is 9.59 Å². The Kier molecular flexibility index (Phi) is 4.67. The van der Waals surface area contributed by atoms with E-state index in [1.54, 1.807) is 17.9 Å². The van der Waals surface area contributed by atoms with Gasteiger partial charge in [0.05, 0.1) is 18.3 Å². The molecule has 4 heterocycles. The molecule has 1 atom stereocenters. The second-order valence-corrected chi connectivity index (χ2v) is 8.34. The number of rotatable bonds is 4. The highest BCUT2D eigenvalue weighted by Gasteiger charge is 2.36. The van der Waals surface area contributed by atoms with Crippen molar-refractivity contribution in [3.05, 3.63) is 34.6 Å². The molecule has 3 aliphatic rings. The van der Waals surface area contributed by atoms with Crippen LogP contribution in [-0.2, 0) is 17.8 Å². The summed E-state index contributed by atoms with van der Waals surface area (Å²) in [6.07, 6.45) is 4.61. The number of amides is 2. The SMILES string of the molecule is CNc1nc([C@@H]2CCCN2C(=O)c2cc(C3CC3)on2)nc2c1CN(C(C)=O)CC2. The number of likely N-dealkylation sites (tertiary alicyclic amines) is 1. The van der Waals surface area contributed by atoms with Gasteiger partial charge in [0, 0.05) is 51.0 Å². The first-order chi connectivity index (χ1) is 14.5. The van der Waals surface area contributed by atoms with E-state index >= 15 is 0 Å². The zero-order valence-corrected chi connectivity index (χ0v) is 17.3. The van der Waals surface area contributed by atoms with E-state index in [-0.39, 0.29) is 17.9 Å². The Labute approximate surface area is 174 Å². The van der Waals surface area contributed by atoms with Gasteiger partial charge in [0.1, 0.15) is 11.6 Å². The highest BCUT2D eigenvalue weighted by molar-refractivity contribution is 5.92. The van der Waals surface area contributed by atoms with Crippen molar-refractivity contribution in [2.75, 3.05) is 25.5 Å². The second-order valence-electron chi connectivity index (χ2n) is 8.34. The molecule has 1 saturated heterocycles. The second kappa shape index (κ2) is 7.37. The number of aromatic nitrogens is 3. The maximum absolute atomic E-state index is 13.1. The minimum atomic E-state index is -0.179. The minimum absolute atomic E-state index is 0.0533. The third-order valence-electron chi connectivity index (χ3n) is 6.30. The normalized spacial score (nSPS) is 20.9. The maximum Gasteiger partial charge on any atom is 0.276 e. The van der Waals surface area contributed by atoms with Crippen molar-refractivity contribution < 1.29 is 14.1 Å². The zero-order valence-electron chi connectivity index (χ0n) is 17.3. The Morgan fingerprint density at radius 3 is 2.77 bits per heavy atom. The van der Waals surface area contributed by atoms with Gasteiger partial charge in [0.25, 0.3) is 5.91 Å². The van der Waals surface area contributed by atoms with E-state index in [4.69, 9.17) is 14.5 Å². The topological polar surface area (TPSA) is 104 Å². The molecule has 1 N–H and O–H groups in total. The lowest BCUT2D eigenvalue weighted by atomic mass is 10.0. The summed E-state index contributed by atoms with van der Waals surface area (Å²) in [5, 5.41) is 7.18. The van der Waals surface area contributed by atoms with Crippen LogP contribution in [0.2, 0.25) is 0 Å². The van der Waals surface area contributed by atoms with Crippen LogP contribution in [-0.4, -0.2) is 56.9 Å². The lowest BCUT2D eigenvalue weighted by Gasteiger charge is -2.30. The fourth-order valence-corrected chi connectivity index (χ4v) is 4.43. The van der Waals surface area contributed by atoms with E-state index in [0.717, 1.165) is 48.5 Å². The number of carbonyl (C=O) groups excluding carboxylic acids is 2. The van der Waals surface area contributed by atoms with Crippen molar-refractivity contribution in [3.8, 4) is 0 Å². The molecule has 30 heavy (non-hydrogen) atoms. The van der Waals surface area contributed by atoms with Crippen LogP contribution in [0.3, 0.4) is 0 Å². The summed E-state index contributed by atoms with van der Waals surface area (Å²) >= 11 is 0. The molecule has 2 aromatic heterocycles. The van der Waals surface area contributed by atoms with E-state index in [0.29, 0.717) is 43.5 Å². The molecule has 158 valence electrons. The summed E-state index contributed by atoms with van der Waals surface area (Å²) in [6.45, 7) is 3.40. The summed E-state index contributed by atoms with van der Waals surface area (Å²) in [5.41, 5.74) is 2.29. The molecule has 5 rings (SSSR count). The number of nitrogens with zero attached hydrogens (tertiary/aromatic N) is 5. The van der Waals surface area contributed by atoms with Gasteiger partial charge in [-0.05, 0) is 25.7 Å². The van der Waals surface area contributed by atoms with Gasteiger partial charge in [-0.2, -0.15) is 0 Å². The Morgan fingerprint density at radius 1 is 1.20 bits per heavy atom. The fraction of sp³-hybridized carbons (Fsp3) is 0.571. The van der Waals surface area contributed by atoms with Crippen LogP contribution in [0.5, 0.6) is 0 Å². The number of hydrogen-bond acceptors (Lipinski definition) is 7. The summed E-state index contributed by atoms with van der Waals surface area (Å²) in [5.74, 6) is 2.56. The number of hydrogen-bond donors (Lipinski definition) is 1. The third kappa shape index (κ3) is 3.32. The van der Waals surface area contributed by atoms with Crippen LogP contribution in [0.15, 0.2) is 10.6 Å². The first-order valence-corrected chi connectivity index (χ1v) is 10.7. The van der Waals surface area contributed by atoms with Crippen LogP contribution >= 0.6 is 0 Å². The van der Waals surface area contributed by atoms with Crippen LogP contribution in [0, 0.1) is 0 Å². The monoisotopic (exact) mass is 410 g/mol. The molecule has 2 aromatic rings. The molecular formula is C21H26N6O3. The molecule has 0 radical (unpaired) electrons. The smallest absolute Gasteiger partial charge is 0.276 e. The van der Waals surface area contributed by atoms with E-state index < -0.39 is 0 Å². The predicted octanol–water partition coefficient (Wildman–Crippen LogP) is 2.27. The van der Waals surface area contributed by atoms with E-state index in [2.05, 4.69) is 10.5 Å². The fourth-order valence-electron chi connectivity index (χ4n) is 4.43. The summed E-state index contributed by atoms with van der Waals surface area (Å²) < 4.78 is 5.38. The van der Waals surface area contributed by atoms with Crippen molar-refractivity contribution in [3.63, 3.8) is 0 Å². The lowest BCUT2D eigenvalue weighted by Crippen LogP contribution is -2.36. The number of nitrogens with one attached hydrogen (secondary N) is 1. The van der Waals surface area contributed by atoms with Gasteiger partial charge >= 0.3 is 0 Å². The van der Waals surface area contributed by atoms with Crippen LogP contribution in [0.4, 0.5) is 5.82 Å². The Hall–Kier alpha value is -2.97. The molecule has 1 aliphatic carbocycles. The maximum atomic E-state index is 13.1. The van der Waals surface area contributed by atoms with Crippen molar-refractivity contribution in [1.82, 2.24) is 24.9 Å². The third-order valence-corrected chi connectivity index (χ3v) is 6.30. The number of carbonyl (C=O) groups is 2. The molecule has 2 fully saturated rings. The molecular weight excluding hydrogens is 384 g/mol. The van der Waals surface area contributed by atoms with Crippen molar-refractivity contribution in [1.29, 1.82) is 0 Å². The molecule has 0 bridgehead atoms. The van der Waals surface area contributed by atoms with E-state index in [1.165, 1.54) is 0 Å². The average molecular weight is 410 g/mol. The van der Waals surface area contributed by atoms with Gasteiger partial charge in [-0.3, -0.25) is 9.59 Å². The Bertz CT molecular complexity index is 981. The number of anilines is 1. The zero-order chi connectivity index (χ0) is 20.8. The molecule has 9 heteroatoms. The highest BCUT2D eigenvalue weighted by Crippen LogP contribution is 2.40. The van der Waals surface area contributed by atoms with Crippen LogP contribution < -0.4 is 5.32 Å². The quantitative estimate of drug-likeness (QED) is 0.824. The van der Waals surface area contributed by atoms with Gasteiger partial charge in [-0.25, -0.2) is 9.97 Å². The molecule has 1 saturated carbocycles. The van der Waals surface area contributed by atoms with E-state index in [1.807, 2.05) is 11.9 Å². The van der Waals surface area contributed by atoms with Crippen LogP contribution in [0.1, 0.15) is 77.9 Å². The van der Waals surface area contributed by atoms with Gasteiger partial charge in [-0.1, -0.05) is 5.16 Å². The van der Waals surface area contributed by atoms with Gasteiger partial charge in [0.2, 0.25) is 5.91 Å². The number of fused-ring (bicyclic) bond motifs is 1. The Balaban J connectivity index is 1.42. The van der Waals surface area contributed by atoms with Gasteiger partial charge in [0.15, 0.2) is 11.5 Å². The summed E-state index contributed by atoms with van der Waals surface area (Å²) in [7, 11) is 1.82. The molecule has 0 spiro atoms. The predicted molar refractivity (Wildman–Crippen MR) is 108 cm³/mol. The molecule has 0 aromatic carbocycles.